The summed E-state index contributed by atoms with van der Waals surface area (Å²) in [5.41, 5.74) is 3.07. The van der Waals surface area contributed by atoms with Gasteiger partial charge in [0, 0.05) is 18.8 Å². The molecular formula is C15H22N2OS2. The van der Waals surface area contributed by atoms with Gasteiger partial charge in [-0.25, -0.2) is 0 Å². The third-order valence-electron chi connectivity index (χ3n) is 3.09. The van der Waals surface area contributed by atoms with Gasteiger partial charge in [0.15, 0.2) is 0 Å². The lowest BCUT2D eigenvalue weighted by Gasteiger charge is -2.20. The molecule has 0 aromatic heterocycles. The Kier molecular flexibility index (Phi) is 7.02. The van der Waals surface area contributed by atoms with E-state index in [-0.39, 0.29) is 5.91 Å². The Morgan fingerprint density at radius 2 is 1.80 bits per heavy atom. The van der Waals surface area contributed by atoms with E-state index in [1.54, 1.807) is 0 Å². The molecular weight excluding hydrogens is 288 g/mol. The molecule has 0 aliphatic heterocycles. The lowest BCUT2D eigenvalue weighted by molar-refractivity contribution is -0.113. The number of carbonyl (C=O) groups is 1. The van der Waals surface area contributed by atoms with E-state index in [0.29, 0.717) is 5.75 Å². The molecule has 1 aromatic carbocycles. The largest absolute Gasteiger partial charge is 0.358 e. The summed E-state index contributed by atoms with van der Waals surface area (Å²) in [4.78, 5) is 14.1. The molecule has 0 saturated carbocycles. The number of thioether (sulfide) groups is 1. The van der Waals surface area contributed by atoms with E-state index < -0.39 is 0 Å². The predicted octanol–water partition coefficient (Wildman–Crippen LogP) is 3.60. The molecule has 0 saturated heterocycles. The van der Waals surface area contributed by atoms with Crippen LogP contribution in [0.5, 0.6) is 0 Å². The maximum atomic E-state index is 12.0. The highest BCUT2D eigenvalue weighted by molar-refractivity contribution is 8.23. The van der Waals surface area contributed by atoms with Crippen LogP contribution < -0.4 is 5.32 Å². The molecule has 0 atom stereocenters. The number of anilines is 1. The lowest BCUT2D eigenvalue weighted by atomic mass is 10.1. The van der Waals surface area contributed by atoms with Crippen LogP contribution in [0.1, 0.15) is 25.0 Å². The van der Waals surface area contributed by atoms with E-state index in [0.717, 1.165) is 34.2 Å². The van der Waals surface area contributed by atoms with Gasteiger partial charge in [0.2, 0.25) is 5.91 Å². The lowest BCUT2D eigenvalue weighted by Crippen LogP contribution is -2.28. The quantitative estimate of drug-likeness (QED) is 0.842. The Balaban J connectivity index is 2.55. The molecule has 0 spiro atoms. The average Bonchev–Trinajstić information content (AvgIpc) is 2.42. The summed E-state index contributed by atoms with van der Waals surface area (Å²) in [7, 11) is 0. The van der Waals surface area contributed by atoms with E-state index in [9.17, 15) is 4.79 Å². The van der Waals surface area contributed by atoms with Crippen LogP contribution in [-0.4, -0.2) is 34.0 Å². The van der Waals surface area contributed by atoms with Crippen molar-refractivity contribution >= 4 is 39.9 Å². The van der Waals surface area contributed by atoms with Crippen molar-refractivity contribution in [1.82, 2.24) is 4.90 Å². The first-order valence-corrected chi connectivity index (χ1v) is 8.16. The number of hydrogen-bond acceptors (Lipinski definition) is 3. The molecule has 110 valence electrons. The SMILES string of the molecule is CCN(CC)C(=S)SCC(=O)Nc1c(C)cccc1C. The Labute approximate surface area is 131 Å². The second-order valence-electron chi connectivity index (χ2n) is 4.54. The Morgan fingerprint density at radius 1 is 1.25 bits per heavy atom. The van der Waals surface area contributed by atoms with Crippen molar-refractivity contribution in [3.8, 4) is 0 Å². The molecule has 0 heterocycles. The molecule has 1 rings (SSSR count). The Hall–Kier alpha value is -1.07. The van der Waals surface area contributed by atoms with Crippen LogP contribution in [0.4, 0.5) is 5.69 Å². The summed E-state index contributed by atoms with van der Waals surface area (Å²) in [6.45, 7) is 9.87. The van der Waals surface area contributed by atoms with Gasteiger partial charge in [-0.1, -0.05) is 42.2 Å². The number of amides is 1. The molecule has 0 bridgehead atoms. The van der Waals surface area contributed by atoms with E-state index in [4.69, 9.17) is 12.2 Å². The van der Waals surface area contributed by atoms with E-state index in [1.165, 1.54) is 11.8 Å². The maximum absolute atomic E-state index is 12.0. The number of nitrogens with zero attached hydrogens (tertiary/aromatic N) is 1. The summed E-state index contributed by atoms with van der Waals surface area (Å²) in [6.07, 6.45) is 0. The van der Waals surface area contributed by atoms with Crippen LogP contribution in [0.25, 0.3) is 0 Å². The molecule has 0 aliphatic rings. The summed E-state index contributed by atoms with van der Waals surface area (Å²) < 4.78 is 0.784. The third-order valence-corrected chi connectivity index (χ3v) is 4.62. The molecule has 0 unspecified atom stereocenters. The van der Waals surface area contributed by atoms with Gasteiger partial charge in [-0.05, 0) is 38.8 Å². The monoisotopic (exact) mass is 310 g/mol. The first-order valence-electron chi connectivity index (χ1n) is 6.77. The number of aryl methyl sites for hydroxylation is 2. The molecule has 0 fully saturated rings. The smallest absolute Gasteiger partial charge is 0.234 e. The number of rotatable bonds is 5. The highest BCUT2D eigenvalue weighted by atomic mass is 32.2. The van der Waals surface area contributed by atoms with Crippen LogP contribution in [0.3, 0.4) is 0 Å². The van der Waals surface area contributed by atoms with Crippen molar-refractivity contribution in [2.45, 2.75) is 27.7 Å². The zero-order valence-electron chi connectivity index (χ0n) is 12.5. The third kappa shape index (κ3) is 4.80. The van der Waals surface area contributed by atoms with E-state index in [2.05, 4.69) is 24.1 Å². The second kappa shape index (κ2) is 8.27. The molecule has 1 N–H and O–H groups in total. The predicted molar refractivity (Wildman–Crippen MR) is 92.5 cm³/mol. The zero-order valence-corrected chi connectivity index (χ0v) is 14.2. The van der Waals surface area contributed by atoms with Gasteiger partial charge in [-0.15, -0.1) is 0 Å². The summed E-state index contributed by atoms with van der Waals surface area (Å²) in [5.74, 6) is 0.338. The number of thiocarbonyl (C=S) groups is 1. The minimum Gasteiger partial charge on any atom is -0.358 e. The van der Waals surface area contributed by atoms with Crippen molar-refractivity contribution in [2.75, 3.05) is 24.2 Å². The van der Waals surface area contributed by atoms with Crippen LogP contribution >= 0.6 is 24.0 Å². The summed E-state index contributed by atoms with van der Waals surface area (Å²) in [5, 5.41) is 2.97. The maximum Gasteiger partial charge on any atom is 0.234 e. The Morgan fingerprint density at radius 3 is 2.30 bits per heavy atom. The number of para-hydroxylation sites is 1. The topological polar surface area (TPSA) is 32.3 Å². The van der Waals surface area contributed by atoms with E-state index >= 15 is 0 Å². The molecule has 20 heavy (non-hydrogen) atoms. The fourth-order valence-corrected chi connectivity index (χ4v) is 3.09. The van der Waals surface area contributed by atoms with E-state index in [1.807, 2.05) is 32.0 Å². The van der Waals surface area contributed by atoms with Crippen LogP contribution in [0.2, 0.25) is 0 Å². The van der Waals surface area contributed by atoms with Gasteiger partial charge < -0.3 is 10.2 Å². The number of benzene rings is 1. The molecule has 1 amide bonds. The van der Waals surface area contributed by atoms with Crippen molar-refractivity contribution in [2.24, 2.45) is 0 Å². The second-order valence-corrected chi connectivity index (χ2v) is 6.15. The van der Waals surface area contributed by atoms with Gasteiger partial charge in [0.25, 0.3) is 0 Å². The van der Waals surface area contributed by atoms with Crippen molar-refractivity contribution in [3.05, 3.63) is 29.3 Å². The Bertz CT molecular complexity index is 465. The minimum atomic E-state index is -0.0121. The highest BCUT2D eigenvalue weighted by Gasteiger charge is 2.11. The number of carbonyl (C=O) groups excluding carboxylic acids is 1. The average molecular weight is 310 g/mol. The van der Waals surface area contributed by atoms with Gasteiger partial charge in [0.05, 0.1) is 5.75 Å². The van der Waals surface area contributed by atoms with Crippen molar-refractivity contribution < 1.29 is 4.79 Å². The highest BCUT2D eigenvalue weighted by Crippen LogP contribution is 2.20. The zero-order chi connectivity index (χ0) is 15.1. The minimum absolute atomic E-state index is 0.0121. The van der Waals surface area contributed by atoms with Crippen LogP contribution in [-0.2, 0) is 4.79 Å². The van der Waals surface area contributed by atoms with Crippen LogP contribution in [0.15, 0.2) is 18.2 Å². The standard InChI is InChI=1S/C15H22N2OS2/c1-5-17(6-2)15(19)20-10-13(18)16-14-11(3)8-7-9-12(14)4/h7-9H,5-6,10H2,1-4H3,(H,16,18). The summed E-state index contributed by atoms with van der Waals surface area (Å²) >= 11 is 6.74. The molecule has 5 heteroatoms. The molecule has 0 aliphatic carbocycles. The van der Waals surface area contributed by atoms with Crippen LogP contribution in [0, 0.1) is 13.8 Å². The molecule has 0 radical (unpaired) electrons. The van der Waals surface area contributed by atoms with Gasteiger partial charge in [-0.3, -0.25) is 4.79 Å². The molecule has 1 aromatic rings. The molecule has 3 nitrogen and oxygen atoms in total. The van der Waals surface area contributed by atoms with Crippen molar-refractivity contribution in [1.29, 1.82) is 0 Å². The van der Waals surface area contributed by atoms with Crippen molar-refractivity contribution in [3.63, 3.8) is 0 Å². The normalized spacial score (nSPS) is 10.2. The first-order chi connectivity index (χ1) is 9.49. The van der Waals surface area contributed by atoms with Gasteiger partial charge in [-0.2, -0.15) is 0 Å². The fraction of sp³-hybridized carbons (Fsp3) is 0.467. The fourth-order valence-electron chi connectivity index (χ4n) is 1.89. The number of nitrogens with one attached hydrogen (secondary N) is 1. The van der Waals surface area contributed by atoms with Gasteiger partial charge >= 0.3 is 0 Å². The number of hydrogen-bond donors (Lipinski definition) is 1. The first kappa shape index (κ1) is 17.0. The summed E-state index contributed by atoms with van der Waals surface area (Å²) in [6, 6.07) is 5.98. The van der Waals surface area contributed by atoms with Gasteiger partial charge in [0.1, 0.15) is 4.32 Å².